The van der Waals surface area contributed by atoms with E-state index in [1.54, 1.807) is 0 Å². The van der Waals surface area contributed by atoms with E-state index in [1.165, 1.54) is 0 Å². The Kier molecular flexibility index (Phi) is 10.1. The van der Waals surface area contributed by atoms with Crippen molar-refractivity contribution in [2.45, 2.75) is 0 Å². The van der Waals surface area contributed by atoms with Gasteiger partial charge in [0.1, 0.15) is 0 Å². The van der Waals surface area contributed by atoms with Gasteiger partial charge in [-0.3, -0.25) is 0 Å². The molecule has 0 aromatic heterocycles. The maximum atomic E-state index is 12.8. The molecule has 10 heteroatoms. The van der Waals surface area contributed by atoms with Crippen molar-refractivity contribution in [3.63, 3.8) is 0 Å². The molecule has 0 saturated carbocycles. The van der Waals surface area contributed by atoms with Crippen molar-refractivity contribution in [1.29, 1.82) is 0 Å². The number of hydrogen-bond acceptors (Lipinski definition) is 4. The van der Waals surface area contributed by atoms with Gasteiger partial charge in [-0.05, 0) is 0 Å². The minimum absolute atomic E-state index is 0. The van der Waals surface area contributed by atoms with E-state index in [-0.39, 0.29) is 103 Å². The zero-order valence-electron chi connectivity index (χ0n) is 9.14. The zero-order valence-corrected chi connectivity index (χ0v) is 15.4. The van der Waals surface area contributed by atoms with E-state index in [9.17, 15) is 37.4 Å². The maximum absolute atomic E-state index is 12.8. The fourth-order valence-electron chi connectivity index (χ4n) is 1.02. The summed E-state index contributed by atoms with van der Waals surface area (Å²) in [5.41, 5.74) is -3.87. The van der Waals surface area contributed by atoms with E-state index in [0.717, 1.165) is 0 Å². The summed E-state index contributed by atoms with van der Waals surface area (Å²) in [6.45, 7) is 0. The minimum atomic E-state index is -2.51. The second kappa shape index (κ2) is 8.44. The number of carboxylic acid groups (broad SMARTS) is 2. The van der Waals surface area contributed by atoms with Crippen LogP contribution in [-0.4, -0.2) is 11.9 Å². The van der Waals surface area contributed by atoms with E-state index in [0.29, 0.717) is 0 Å². The molecule has 0 aliphatic rings. The molecule has 0 saturated heterocycles. The fourth-order valence-corrected chi connectivity index (χ4v) is 1.02. The molecule has 1 rings (SSSR count). The van der Waals surface area contributed by atoms with Crippen LogP contribution >= 0.6 is 0 Å². The summed E-state index contributed by atoms with van der Waals surface area (Å²) in [6, 6.07) is 0. The Morgan fingerprint density at radius 3 is 1.06 bits per heavy atom. The molecule has 0 fully saturated rings. The van der Waals surface area contributed by atoms with Crippen LogP contribution in [-0.2, 0) is 0 Å². The number of benzene rings is 1. The Hall–Kier alpha value is 1.15. The van der Waals surface area contributed by atoms with Crippen molar-refractivity contribution < 1.29 is 140 Å². The predicted molar refractivity (Wildman–Crippen MR) is 34.9 cm³/mol. The first-order chi connectivity index (χ1) is 7.29. The van der Waals surface area contributed by atoms with Gasteiger partial charge < -0.3 is 19.8 Å². The van der Waals surface area contributed by atoms with Crippen molar-refractivity contribution in [3.05, 3.63) is 34.4 Å². The van der Waals surface area contributed by atoms with Crippen LogP contribution < -0.4 is 113 Å². The first-order valence-corrected chi connectivity index (χ1v) is 3.57. The molecule has 1 aromatic carbocycles. The number of aromatic carboxylic acids is 2. The summed E-state index contributed by atoms with van der Waals surface area (Å²) in [7, 11) is 0. The molecule has 0 aliphatic heterocycles. The van der Waals surface area contributed by atoms with Crippen molar-refractivity contribution >= 4 is 11.9 Å². The third kappa shape index (κ3) is 4.07. The molecular weight excluding hydrogens is 314 g/mol. The molecule has 86 valence electrons. The number of hydrogen-bond donors (Lipinski definition) is 0. The molecule has 0 N–H and O–H groups in total. The first kappa shape index (κ1) is 21.5. The number of carbonyl (C=O) groups is 2. The Bertz CT molecular complexity index is 462. The molecule has 0 radical (unpaired) electrons. The van der Waals surface area contributed by atoms with Crippen molar-refractivity contribution in [1.82, 2.24) is 0 Å². The van der Waals surface area contributed by atoms with Gasteiger partial charge in [-0.15, -0.1) is 0 Å². The van der Waals surface area contributed by atoms with Gasteiger partial charge in [0, 0.05) is 11.1 Å². The molecule has 1 aromatic rings. The van der Waals surface area contributed by atoms with Gasteiger partial charge >= 0.3 is 103 Å². The SMILES string of the molecule is O=C([O-])c1c(F)c(F)c(F)c(F)c1C(=O)[O-].[K+].[K+]. The Balaban J connectivity index is 0. The average molecular weight is 314 g/mol. The normalized spacial score (nSPS) is 9.11. The third-order valence-electron chi connectivity index (χ3n) is 1.68. The van der Waals surface area contributed by atoms with Crippen LogP contribution in [0.15, 0.2) is 0 Å². The van der Waals surface area contributed by atoms with Crippen LogP contribution in [0.3, 0.4) is 0 Å². The Morgan fingerprint density at radius 2 is 0.889 bits per heavy atom. The number of carbonyl (C=O) groups excluding carboxylic acids is 2. The molecule has 4 nitrogen and oxygen atoms in total. The second-order valence-corrected chi connectivity index (χ2v) is 2.58. The zero-order chi connectivity index (χ0) is 12.6. The van der Waals surface area contributed by atoms with Gasteiger partial charge in [0.25, 0.3) is 0 Å². The number of rotatable bonds is 2. The van der Waals surface area contributed by atoms with Gasteiger partial charge in [0.2, 0.25) is 0 Å². The van der Waals surface area contributed by atoms with E-state index >= 15 is 0 Å². The largest absolute Gasteiger partial charge is 1.00 e. The topological polar surface area (TPSA) is 80.3 Å². The molecule has 18 heavy (non-hydrogen) atoms. The molecule has 0 bridgehead atoms. The molecule has 0 aliphatic carbocycles. The smallest absolute Gasteiger partial charge is 0.545 e. The van der Waals surface area contributed by atoms with E-state index in [4.69, 9.17) is 0 Å². The van der Waals surface area contributed by atoms with Gasteiger partial charge in [-0.2, -0.15) is 0 Å². The third-order valence-corrected chi connectivity index (χ3v) is 1.68. The van der Waals surface area contributed by atoms with Gasteiger partial charge in [-0.25, -0.2) is 17.6 Å². The monoisotopic (exact) mass is 314 g/mol. The van der Waals surface area contributed by atoms with Crippen LogP contribution in [0, 0.1) is 23.3 Å². The molecule has 0 spiro atoms. The first-order valence-electron chi connectivity index (χ1n) is 3.57. The quantitative estimate of drug-likeness (QED) is 0.235. The van der Waals surface area contributed by atoms with Crippen molar-refractivity contribution in [2.24, 2.45) is 0 Å². The molecule has 0 amide bonds. The standard InChI is InChI=1S/C8H2F4O4.2K/c9-3-1(7(13)14)2(8(15)16)4(10)6(12)5(3)11;;/h(H,13,14)(H,15,16);;/q;2*+1/p-2. The minimum Gasteiger partial charge on any atom is -0.545 e. The van der Waals surface area contributed by atoms with E-state index in [2.05, 4.69) is 0 Å². The predicted octanol–water partition coefficient (Wildman–Crippen LogP) is -7.02. The summed E-state index contributed by atoms with van der Waals surface area (Å²) in [6.07, 6.45) is 0. The summed E-state index contributed by atoms with van der Waals surface area (Å²) in [5.74, 6) is -14.6. The fraction of sp³-hybridized carbons (Fsp3) is 0. The molecule has 0 heterocycles. The summed E-state index contributed by atoms with van der Waals surface area (Å²) < 4.78 is 50.8. The van der Waals surface area contributed by atoms with Crippen LogP contribution in [0.2, 0.25) is 0 Å². The van der Waals surface area contributed by atoms with Gasteiger partial charge in [-0.1, -0.05) is 0 Å². The van der Waals surface area contributed by atoms with Crippen LogP contribution in [0.4, 0.5) is 17.6 Å². The average Bonchev–Trinajstić information content (AvgIpc) is 2.18. The summed E-state index contributed by atoms with van der Waals surface area (Å²) >= 11 is 0. The molecule has 0 unspecified atom stereocenters. The van der Waals surface area contributed by atoms with Crippen LogP contribution in [0.25, 0.3) is 0 Å². The van der Waals surface area contributed by atoms with Crippen molar-refractivity contribution in [3.8, 4) is 0 Å². The summed E-state index contributed by atoms with van der Waals surface area (Å²) in [4.78, 5) is 20.5. The maximum Gasteiger partial charge on any atom is 1.00 e. The van der Waals surface area contributed by atoms with Gasteiger partial charge in [0.15, 0.2) is 23.3 Å². The van der Waals surface area contributed by atoms with E-state index < -0.39 is 46.3 Å². The molecular formula is C8F4K2O4. The Morgan fingerprint density at radius 1 is 0.667 bits per heavy atom. The summed E-state index contributed by atoms with van der Waals surface area (Å²) in [5, 5.41) is 20.5. The molecule has 0 atom stereocenters. The van der Waals surface area contributed by atoms with E-state index in [1.807, 2.05) is 0 Å². The van der Waals surface area contributed by atoms with Crippen molar-refractivity contribution in [2.75, 3.05) is 0 Å². The van der Waals surface area contributed by atoms with Crippen LogP contribution in [0.1, 0.15) is 20.7 Å². The second-order valence-electron chi connectivity index (χ2n) is 2.58. The Labute approximate surface area is 183 Å². The van der Waals surface area contributed by atoms with Crippen LogP contribution in [0.5, 0.6) is 0 Å². The number of carboxylic acids is 2. The van der Waals surface area contributed by atoms with Gasteiger partial charge in [0.05, 0.1) is 11.9 Å². The number of halogens is 4.